The van der Waals surface area contributed by atoms with E-state index in [9.17, 15) is 4.79 Å². The number of thiophene rings is 1. The molecule has 0 radical (unpaired) electrons. The lowest BCUT2D eigenvalue weighted by Crippen LogP contribution is -2.08. The van der Waals surface area contributed by atoms with Crippen molar-refractivity contribution in [3.63, 3.8) is 0 Å². The Morgan fingerprint density at radius 1 is 1.47 bits per heavy atom. The van der Waals surface area contributed by atoms with Crippen molar-refractivity contribution in [1.29, 1.82) is 0 Å². The fourth-order valence-electron chi connectivity index (χ4n) is 1.54. The Balaban J connectivity index is 2.39. The minimum atomic E-state index is -0.0663. The van der Waals surface area contributed by atoms with Crippen molar-refractivity contribution in [3.05, 3.63) is 20.8 Å². The maximum absolute atomic E-state index is 11.9. The highest BCUT2D eigenvalue weighted by Crippen LogP contribution is 2.27. The van der Waals surface area contributed by atoms with Gasteiger partial charge in [-0.05, 0) is 25.8 Å². The van der Waals surface area contributed by atoms with E-state index >= 15 is 0 Å². The molecule has 2 rings (SSSR count). The molecule has 0 saturated heterocycles. The van der Waals surface area contributed by atoms with Gasteiger partial charge in [0.05, 0.1) is 5.39 Å². The van der Waals surface area contributed by atoms with Gasteiger partial charge >= 0.3 is 0 Å². The van der Waals surface area contributed by atoms with Gasteiger partial charge in [0.25, 0.3) is 5.56 Å². The zero-order valence-corrected chi connectivity index (χ0v) is 11.4. The molecular weight excluding hydrogens is 256 g/mol. The van der Waals surface area contributed by atoms with Gasteiger partial charge in [0.2, 0.25) is 0 Å². The molecule has 0 amide bonds. The summed E-state index contributed by atoms with van der Waals surface area (Å²) in [5, 5.41) is 10.1. The average molecular weight is 270 g/mol. The van der Waals surface area contributed by atoms with Crippen LogP contribution < -0.4 is 5.56 Å². The van der Waals surface area contributed by atoms with E-state index in [2.05, 4.69) is 9.97 Å². The van der Waals surface area contributed by atoms with Crippen LogP contribution in [0.5, 0.6) is 0 Å². The lowest BCUT2D eigenvalue weighted by atomic mass is 10.2. The van der Waals surface area contributed by atoms with Crippen LogP contribution in [0, 0.1) is 13.8 Å². The lowest BCUT2D eigenvalue weighted by Gasteiger charge is -1.99. The number of nitrogens with one attached hydrogen (secondary N) is 1. The predicted molar refractivity (Wildman–Crippen MR) is 72.1 cm³/mol. The largest absolute Gasteiger partial charge is 0.396 e. The summed E-state index contributed by atoms with van der Waals surface area (Å²) >= 11 is 3.02. The number of H-pyrrole nitrogens is 1. The Bertz CT molecular complexity index is 589. The first-order chi connectivity index (χ1) is 8.13. The summed E-state index contributed by atoms with van der Waals surface area (Å²) in [6.45, 7) is 4.11. The van der Waals surface area contributed by atoms with E-state index in [0.29, 0.717) is 17.0 Å². The molecule has 92 valence electrons. The molecule has 0 bridgehead atoms. The number of hydrogen-bond donors (Lipinski definition) is 2. The van der Waals surface area contributed by atoms with Crippen molar-refractivity contribution in [3.8, 4) is 0 Å². The number of rotatable bonds is 4. The smallest absolute Gasteiger partial charge is 0.260 e. The first-order valence-corrected chi connectivity index (χ1v) is 7.17. The molecule has 6 heteroatoms. The fraction of sp³-hybridized carbons (Fsp3) is 0.455. The van der Waals surface area contributed by atoms with Gasteiger partial charge < -0.3 is 10.1 Å². The maximum atomic E-state index is 11.9. The number of hydrogen-bond acceptors (Lipinski definition) is 5. The molecule has 0 atom stereocenters. The molecule has 2 aromatic heterocycles. The maximum Gasteiger partial charge on any atom is 0.260 e. The van der Waals surface area contributed by atoms with Gasteiger partial charge in [-0.3, -0.25) is 4.79 Å². The fourth-order valence-corrected chi connectivity index (χ4v) is 3.41. The summed E-state index contributed by atoms with van der Waals surface area (Å²) in [4.78, 5) is 21.1. The standard InChI is InChI=1S/C11H14N2O2S2/c1-6-7(2)17-10-8(6)9(15)12-11(13-10)16-5-3-4-14/h14H,3-5H2,1-2H3,(H,12,13,15). The second-order valence-electron chi connectivity index (χ2n) is 3.76. The first kappa shape index (κ1) is 12.6. The van der Waals surface area contributed by atoms with Crippen LogP contribution in [0.1, 0.15) is 16.9 Å². The zero-order valence-electron chi connectivity index (χ0n) is 9.74. The number of aromatic amines is 1. The predicted octanol–water partition coefficient (Wildman–Crippen LogP) is 2.08. The quantitative estimate of drug-likeness (QED) is 0.507. The van der Waals surface area contributed by atoms with Crippen molar-refractivity contribution in [2.75, 3.05) is 12.4 Å². The average Bonchev–Trinajstić information content (AvgIpc) is 2.55. The monoisotopic (exact) mass is 270 g/mol. The summed E-state index contributed by atoms with van der Waals surface area (Å²) in [6, 6.07) is 0. The number of thioether (sulfide) groups is 1. The molecule has 0 aliphatic rings. The Labute approximate surface area is 107 Å². The molecule has 2 aromatic rings. The molecule has 2 N–H and O–H groups in total. The van der Waals surface area contributed by atoms with Crippen LogP contribution in [0.15, 0.2) is 9.95 Å². The third-order valence-electron chi connectivity index (χ3n) is 2.56. The molecule has 0 unspecified atom stereocenters. The van der Waals surface area contributed by atoms with Crippen LogP contribution in [-0.4, -0.2) is 27.4 Å². The van der Waals surface area contributed by atoms with Crippen molar-refractivity contribution in [2.45, 2.75) is 25.4 Å². The van der Waals surface area contributed by atoms with Gasteiger partial charge in [0.15, 0.2) is 5.16 Å². The van der Waals surface area contributed by atoms with Gasteiger partial charge in [0.1, 0.15) is 4.83 Å². The molecule has 0 saturated carbocycles. The normalized spacial score (nSPS) is 11.2. The summed E-state index contributed by atoms with van der Waals surface area (Å²) in [5.41, 5.74) is 0.953. The molecule has 2 heterocycles. The van der Waals surface area contributed by atoms with Gasteiger partial charge in [-0.15, -0.1) is 11.3 Å². The minimum absolute atomic E-state index is 0.0663. The number of aliphatic hydroxyl groups excluding tert-OH is 1. The van der Waals surface area contributed by atoms with Gasteiger partial charge in [-0.25, -0.2) is 4.98 Å². The van der Waals surface area contributed by atoms with E-state index in [4.69, 9.17) is 5.11 Å². The molecule has 17 heavy (non-hydrogen) atoms. The highest BCUT2D eigenvalue weighted by molar-refractivity contribution is 7.99. The molecule has 0 aliphatic carbocycles. The number of fused-ring (bicyclic) bond motifs is 1. The van der Waals surface area contributed by atoms with E-state index in [1.54, 1.807) is 11.3 Å². The summed E-state index contributed by atoms with van der Waals surface area (Å²) in [6.07, 6.45) is 0.703. The summed E-state index contributed by atoms with van der Waals surface area (Å²) in [5.74, 6) is 0.758. The molecule has 0 aliphatic heterocycles. The highest BCUT2D eigenvalue weighted by Gasteiger charge is 2.11. The summed E-state index contributed by atoms with van der Waals surface area (Å²) < 4.78 is 0. The van der Waals surface area contributed by atoms with Crippen LogP contribution in [0.3, 0.4) is 0 Å². The number of nitrogens with zero attached hydrogens (tertiary/aromatic N) is 1. The van der Waals surface area contributed by atoms with Crippen LogP contribution in [0.25, 0.3) is 10.2 Å². The van der Waals surface area contributed by atoms with Crippen LogP contribution >= 0.6 is 23.1 Å². The zero-order chi connectivity index (χ0) is 12.4. The topological polar surface area (TPSA) is 66.0 Å². The van der Waals surface area contributed by atoms with Crippen molar-refractivity contribution in [1.82, 2.24) is 9.97 Å². The second-order valence-corrected chi connectivity index (χ2v) is 6.05. The lowest BCUT2D eigenvalue weighted by molar-refractivity contribution is 0.296. The Kier molecular flexibility index (Phi) is 3.86. The Hall–Kier alpha value is -0.850. The number of aliphatic hydroxyl groups is 1. The van der Waals surface area contributed by atoms with Crippen molar-refractivity contribution >= 4 is 33.3 Å². The molecule has 0 fully saturated rings. The Morgan fingerprint density at radius 2 is 2.24 bits per heavy atom. The number of aromatic nitrogens is 2. The molecular formula is C11H14N2O2S2. The van der Waals surface area contributed by atoms with E-state index in [1.165, 1.54) is 11.8 Å². The third-order valence-corrected chi connectivity index (χ3v) is 4.62. The Morgan fingerprint density at radius 3 is 2.94 bits per heavy atom. The van der Waals surface area contributed by atoms with Gasteiger partial charge in [-0.1, -0.05) is 11.8 Å². The number of aryl methyl sites for hydroxylation is 2. The summed E-state index contributed by atoms with van der Waals surface area (Å²) in [7, 11) is 0. The molecule has 4 nitrogen and oxygen atoms in total. The van der Waals surface area contributed by atoms with Crippen LogP contribution in [0.2, 0.25) is 0 Å². The second kappa shape index (κ2) is 5.20. The molecule has 0 spiro atoms. The van der Waals surface area contributed by atoms with Crippen molar-refractivity contribution in [2.24, 2.45) is 0 Å². The van der Waals surface area contributed by atoms with E-state index in [-0.39, 0.29) is 12.2 Å². The van der Waals surface area contributed by atoms with Crippen molar-refractivity contribution < 1.29 is 5.11 Å². The molecule has 0 aromatic carbocycles. The first-order valence-electron chi connectivity index (χ1n) is 5.37. The SMILES string of the molecule is Cc1sc2nc(SCCCO)[nH]c(=O)c2c1C. The van der Waals surface area contributed by atoms with Gasteiger partial charge in [0, 0.05) is 17.2 Å². The van der Waals surface area contributed by atoms with Crippen LogP contribution in [0.4, 0.5) is 0 Å². The van der Waals surface area contributed by atoms with Gasteiger partial charge in [-0.2, -0.15) is 0 Å². The van der Waals surface area contributed by atoms with E-state index < -0.39 is 0 Å². The van der Waals surface area contributed by atoms with E-state index in [1.807, 2.05) is 13.8 Å². The van der Waals surface area contributed by atoms with E-state index in [0.717, 1.165) is 21.0 Å². The third kappa shape index (κ3) is 2.53. The minimum Gasteiger partial charge on any atom is -0.396 e. The van der Waals surface area contributed by atoms with Crippen LogP contribution in [-0.2, 0) is 0 Å². The highest BCUT2D eigenvalue weighted by atomic mass is 32.2.